The highest BCUT2D eigenvalue weighted by molar-refractivity contribution is 5.70. The van der Waals surface area contributed by atoms with Crippen molar-refractivity contribution >= 4 is 0 Å². The highest BCUT2D eigenvalue weighted by Gasteiger charge is 2.03. The maximum Gasteiger partial charge on any atom is 0.0848 e. The number of rotatable bonds is 6. The van der Waals surface area contributed by atoms with Crippen molar-refractivity contribution < 1.29 is 5.11 Å². The predicted molar refractivity (Wildman–Crippen MR) is 163 cm³/mol. The van der Waals surface area contributed by atoms with Crippen LogP contribution in [-0.2, 0) is 12.8 Å². The molecule has 0 aliphatic heterocycles. The minimum atomic E-state index is 0.255. The van der Waals surface area contributed by atoms with Gasteiger partial charge >= 0.3 is 0 Å². The molecule has 0 spiro atoms. The van der Waals surface area contributed by atoms with Crippen molar-refractivity contribution in [1.29, 1.82) is 0 Å². The topological polar surface area (TPSA) is 20.2 Å². The Morgan fingerprint density at radius 2 is 1.14 bits per heavy atom. The normalized spacial score (nSPS) is 9.58. The van der Waals surface area contributed by atoms with Crippen LogP contribution in [0.1, 0.15) is 93.7 Å². The number of aryl methyl sites for hydroxylation is 6. The van der Waals surface area contributed by atoms with Gasteiger partial charge in [0, 0.05) is 6.42 Å². The molecule has 0 atom stereocenters. The number of allylic oxidation sites excluding steroid dienone is 1. The monoisotopic (exact) mass is 488 g/mol. The first-order valence-electron chi connectivity index (χ1n) is 13.7. The van der Waals surface area contributed by atoms with Gasteiger partial charge in [0.15, 0.2) is 0 Å². The Labute approximate surface area is 223 Å². The smallest absolute Gasteiger partial charge is 0.0848 e. The second-order valence-corrected chi connectivity index (χ2v) is 9.39. The molecule has 0 aliphatic rings. The summed E-state index contributed by atoms with van der Waals surface area (Å²) in [7, 11) is 0. The second-order valence-electron chi connectivity index (χ2n) is 9.39. The number of hydrogen-bond donors (Lipinski definition) is 1. The van der Waals surface area contributed by atoms with E-state index in [1.807, 2.05) is 6.92 Å². The molecule has 0 heterocycles. The molecule has 0 aromatic heterocycles. The van der Waals surface area contributed by atoms with Crippen LogP contribution in [-0.4, -0.2) is 5.11 Å². The van der Waals surface area contributed by atoms with Gasteiger partial charge in [-0.2, -0.15) is 0 Å². The van der Waals surface area contributed by atoms with Crippen molar-refractivity contribution in [2.45, 2.75) is 101 Å². The van der Waals surface area contributed by atoms with Crippen LogP contribution in [0.25, 0.3) is 11.1 Å². The van der Waals surface area contributed by atoms with E-state index in [9.17, 15) is 0 Å². The molecule has 3 aromatic rings. The molecule has 0 unspecified atom stereocenters. The Balaban J connectivity index is 0.000000511. The first-order valence-corrected chi connectivity index (χ1v) is 13.7. The highest BCUT2D eigenvalue weighted by Crippen LogP contribution is 2.26. The fourth-order valence-electron chi connectivity index (χ4n) is 3.77. The van der Waals surface area contributed by atoms with E-state index in [1.54, 1.807) is 0 Å². The van der Waals surface area contributed by atoms with E-state index in [0.29, 0.717) is 6.42 Å². The number of benzene rings is 3. The average Bonchev–Trinajstić information content (AvgIpc) is 2.86. The van der Waals surface area contributed by atoms with Crippen LogP contribution in [0.3, 0.4) is 0 Å². The van der Waals surface area contributed by atoms with E-state index in [0.717, 1.165) is 12.8 Å². The number of aliphatic hydroxyl groups excluding tert-OH is 1. The van der Waals surface area contributed by atoms with Gasteiger partial charge in [-0.25, -0.2) is 0 Å². The highest BCUT2D eigenvalue weighted by atomic mass is 16.3. The molecule has 0 aliphatic carbocycles. The molecule has 0 fully saturated rings. The molecule has 36 heavy (non-hydrogen) atoms. The van der Waals surface area contributed by atoms with Gasteiger partial charge in [0.05, 0.1) is 5.76 Å². The Morgan fingerprint density at radius 3 is 1.58 bits per heavy atom. The third kappa shape index (κ3) is 13.3. The first kappa shape index (κ1) is 33.2. The van der Waals surface area contributed by atoms with E-state index < -0.39 is 0 Å². The van der Waals surface area contributed by atoms with Gasteiger partial charge in [0.2, 0.25) is 0 Å². The lowest BCUT2D eigenvalue weighted by Crippen LogP contribution is -1.90. The molecule has 1 heteroatoms. The van der Waals surface area contributed by atoms with Crippen LogP contribution in [0.4, 0.5) is 0 Å². The fourth-order valence-corrected chi connectivity index (χ4v) is 3.77. The summed E-state index contributed by atoms with van der Waals surface area (Å²) < 4.78 is 0. The maximum absolute atomic E-state index is 8.17. The molecule has 3 rings (SSSR count). The van der Waals surface area contributed by atoms with Gasteiger partial charge in [0.1, 0.15) is 0 Å². The summed E-state index contributed by atoms with van der Waals surface area (Å²) in [5.41, 5.74) is 11.1. The number of unbranched alkanes of at least 4 members (excludes halogenated alkanes) is 2. The number of hydrogen-bond acceptors (Lipinski definition) is 1. The van der Waals surface area contributed by atoms with E-state index >= 15 is 0 Å². The number of aliphatic hydroxyl groups is 1. The van der Waals surface area contributed by atoms with Gasteiger partial charge in [0.25, 0.3) is 0 Å². The predicted octanol–water partition coefficient (Wildman–Crippen LogP) is 11.1. The van der Waals surface area contributed by atoms with Crippen LogP contribution in [0, 0.1) is 27.7 Å². The maximum atomic E-state index is 8.17. The van der Waals surface area contributed by atoms with Gasteiger partial charge < -0.3 is 5.11 Å². The lowest BCUT2D eigenvalue weighted by Gasteiger charge is -2.09. The van der Waals surface area contributed by atoms with Crippen molar-refractivity contribution in [2.24, 2.45) is 0 Å². The lowest BCUT2D eigenvalue weighted by molar-refractivity contribution is 0.397. The minimum absolute atomic E-state index is 0.255. The fraction of sp³-hybridized carbons (Fsp3) is 0.429. The Morgan fingerprint density at radius 1 is 0.639 bits per heavy atom. The van der Waals surface area contributed by atoms with Crippen LogP contribution in [0.2, 0.25) is 0 Å². The summed E-state index contributed by atoms with van der Waals surface area (Å²) in [5, 5.41) is 8.17. The lowest BCUT2D eigenvalue weighted by atomic mass is 9.95. The van der Waals surface area contributed by atoms with Gasteiger partial charge in [-0.1, -0.05) is 132 Å². The van der Waals surface area contributed by atoms with Gasteiger partial charge in [-0.3, -0.25) is 0 Å². The summed E-state index contributed by atoms with van der Waals surface area (Å²) in [4.78, 5) is 0. The molecule has 198 valence electrons. The second kappa shape index (κ2) is 19.4. The van der Waals surface area contributed by atoms with Crippen LogP contribution < -0.4 is 0 Å². The molecule has 1 nitrogen and oxygen atoms in total. The van der Waals surface area contributed by atoms with E-state index in [1.165, 1.54) is 63.8 Å². The zero-order valence-electron chi connectivity index (χ0n) is 24.7. The van der Waals surface area contributed by atoms with E-state index in [4.69, 9.17) is 5.11 Å². The summed E-state index contributed by atoms with van der Waals surface area (Å²) in [6, 6.07) is 21.9. The van der Waals surface area contributed by atoms with Gasteiger partial charge in [-0.15, -0.1) is 0 Å². The van der Waals surface area contributed by atoms with Crippen LogP contribution in [0.5, 0.6) is 0 Å². The zero-order valence-corrected chi connectivity index (χ0v) is 24.7. The van der Waals surface area contributed by atoms with Crippen LogP contribution >= 0.6 is 0 Å². The molecule has 1 N–H and O–H groups in total. The SMILES string of the molecule is C=C(O)CC.CCCCC.CCc1ccc(C)cc1CC.Cc1ccc(-c2ccccc2C)c(C)c1. The quantitative estimate of drug-likeness (QED) is 0.342. The van der Waals surface area contributed by atoms with Crippen molar-refractivity contribution in [3.05, 3.63) is 106 Å². The van der Waals surface area contributed by atoms with E-state index in [2.05, 4.69) is 123 Å². The molecular weight excluding hydrogens is 436 g/mol. The standard InChI is InChI=1S/C15H16.C11H16.C5H12.C4H8O/c1-11-8-9-15(13(3)10-11)14-7-5-4-6-12(14)2;1-4-10-7-6-9(3)8-11(10)5-2;1-3-5-4-2;1-3-4(2)5/h4-10H,1-3H3;6-8H,4-5H2,1-3H3;3-5H2,1-2H3;5H,2-3H2,1H3. The molecule has 0 bridgehead atoms. The third-order valence-electron chi connectivity index (χ3n) is 6.06. The Kier molecular flexibility index (Phi) is 17.9. The molecule has 0 saturated heterocycles. The largest absolute Gasteiger partial charge is 0.513 e. The molecule has 0 amide bonds. The molecule has 0 radical (unpaired) electrons. The molecule has 0 saturated carbocycles. The molecule has 3 aromatic carbocycles. The summed E-state index contributed by atoms with van der Waals surface area (Å²) in [5.74, 6) is 0.255. The summed E-state index contributed by atoms with van der Waals surface area (Å²) in [6.07, 6.45) is 7.06. The van der Waals surface area contributed by atoms with Crippen molar-refractivity contribution in [2.75, 3.05) is 0 Å². The van der Waals surface area contributed by atoms with Crippen LogP contribution in [0.15, 0.2) is 73.0 Å². The summed E-state index contributed by atoms with van der Waals surface area (Å²) in [6.45, 7) is 22.6. The van der Waals surface area contributed by atoms with Crippen molar-refractivity contribution in [3.63, 3.8) is 0 Å². The Bertz CT molecular complexity index is 1010. The average molecular weight is 489 g/mol. The zero-order chi connectivity index (χ0) is 27.5. The third-order valence-corrected chi connectivity index (χ3v) is 6.06. The summed E-state index contributed by atoms with van der Waals surface area (Å²) >= 11 is 0. The molecular formula is C35H52O. The minimum Gasteiger partial charge on any atom is -0.513 e. The van der Waals surface area contributed by atoms with Crippen molar-refractivity contribution in [3.8, 4) is 11.1 Å². The van der Waals surface area contributed by atoms with Gasteiger partial charge in [-0.05, 0) is 73.9 Å². The van der Waals surface area contributed by atoms with Crippen molar-refractivity contribution in [1.82, 2.24) is 0 Å². The first-order chi connectivity index (χ1) is 17.1. The van der Waals surface area contributed by atoms with E-state index in [-0.39, 0.29) is 5.76 Å². The Hall–Kier alpha value is -2.80.